The van der Waals surface area contributed by atoms with Gasteiger partial charge in [0.15, 0.2) is 0 Å². The standard InChI is InChI=1S/C15H23NS/c1-4-14(13-7-5-11(2)6-8-13)16-15-9-10-17-12(15)3/h5-8,12,14-16H,4,9-10H2,1-3H3. The third-order valence-corrected chi connectivity index (χ3v) is 5.01. The summed E-state index contributed by atoms with van der Waals surface area (Å²) in [4.78, 5) is 0. The van der Waals surface area contributed by atoms with Crippen molar-refractivity contribution in [1.29, 1.82) is 0 Å². The minimum atomic E-state index is 0.516. The van der Waals surface area contributed by atoms with Gasteiger partial charge in [0.2, 0.25) is 0 Å². The summed E-state index contributed by atoms with van der Waals surface area (Å²) in [6, 6.07) is 10.2. The van der Waals surface area contributed by atoms with E-state index < -0.39 is 0 Å². The predicted molar refractivity (Wildman–Crippen MR) is 77.7 cm³/mol. The van der Waals surface area contributed by atoms with Gasteiger partial charge in [-0.3, -0.25) is 0 Å². The zero-order valence-electron chi connectivity index (χ0n) is 11.1. The fourth-order valence-electron chi connectivity index (χ4n) is 2.46. The summed E-state index contributed by atoms with van der Waals surface area (Å²) < 4.78 is 0. The van der Waals surface area contributed by atoms with Gasteiger partial charge in [-0.25, -0.2) is 0 Å². The minimum absolute atomic E-state index is 0.516. The fraction of sp³-hybridized carbons (Fsp3) is 0.600. The maximum Gasteiger partial charge on any atom is 0.0320 e. The molecular formula is C15H23NS. The Labute approximate surface area is 109 Å². The molecule has 0 aromatic heterocycles. The lowest BCUT2D eigenvalue weighted by molar-refractivity contribution is 0.425. The summed E-state index contributed by atoms with van der Waals surface area (Å²) in [5.41, 5.74) is 2.77. The van der Waals surface area contributed by atoms with E-state index in [-0.39, 0.29) is 0 Å². The van der Waals surface area contributed by atoms with E-state index in [0.717, 1.165) is 11.7 Å². The predicted octanol–water partition coefficient (Wildman–Crippen LogP) is 3.93. The molecule has 1 N–H and O–H groups in total. The van der Waals surface area contributed by atoms with Crippen LogP contribution in [0, 0.1) is 6.92 Å². The van der Waals surface area contributed by atoms with Crippen LogP contribution in [0.2, 0.25) is 0 Å². The maximum atomic E-state index is 3.83. The molecule has 3 atom stereocenters. The van der Waals surface area contributed by atoms with Gasteiger partial charge in [-0.15, -0.1) is 0 Å². The highest BCUT2D eigenvalue weighted by atomic mass is 32.2. The van der Waals surface area contributed by atoms with Crippen molar-refractivity contribution in [3.63, 3.8) is 0 Å². The molecule has 2 heteroatoms. The van der Waals surface area contributed by atoms with Gasteiger partial charge in [-0.1, -0.05) is 43.7 Å². The summed E-state index contributed by atoms with van der Waals surface area (Å²) >= 11 is 2.09. The first-order chi connectivity index (χ1) is 8.20. The fourth-order valence-corrected chi connectivity index (χ4v) is 3.67. The molecule has 94 valence electrons. The molecule has 2 rings (SSSR count). The lowest BCUT2D eigenvalue weighted by Crippen LogP contribution is -2.36. The van der Waals surface area contributed by atoms with Crippen LogP contribution < -0.4 is 5.32 Å². The molecule has 0 spiro atoms. The van der Waals surface area contributed by atoms with Crippen molar-refractivity contribution < 1.29 is 0 Å². The number of hydrogen-bond acceptors (Lipinski definition) is 2. The average Bonchev–Trinajstić information content (AvgIpc) is 2.73. The van der Waals surface area contributed by atoms with Crippen molar-refractivity contribution in [2.24, 2.45) is 0 Å². The van der Waals surface area contributed by atoms with Crippen LogP contribution in [-0.2, 0) is 0 Å². The highest BCUT2D eigenvalue weighted by Gasteiger charge is 2.25. The summed E-state index contributed by atoms with van der Waals surface area (Å²) in [5, 5.41) is 4.59. The average molecular weight is 249 g/mol. The van der Waals surface area contributed by atoms with Gasteiger partial charge in [0, 0.05) is 17.3 Å². The van der Waals surface area contributed by atoms with Crippen LogP contribution in [0.5, 0.6) is 0 Å². The van der Waals surface area contributed by atoms with E-state index in [0.29, 0.717) is 12.1 Å². The van der Waals surface area contributed by atoms with Crippen LogP contribution in [0.15, 0.2) is 24.3 Å². The van der Waals surface area contributed by atoms with E-state index >= 15 is 0 Å². The second-order valence-electron chi connectivity index (χ2n) is 5.01. The van der Waals surface area contributed by atoms with E-state index in [9.17, 15) is 0 Å². The van der Waals surface area contributed by atoms with Crippen molar-refractivity contribution in [3.8, 4) is 0 Å². The normalized spacial score (nSPS) is 26.1. The molecule has 1 saturated heterocycles. The number of aryl methyl sites for hydroxylation is 1. The Balaban J connectivity index is 2.03. The summed E-state index contributed by atoms with van der Waals surface area (Å²) in [6.45, 7) is 6.76. The highest BCUT2D eigenvalue weighted by Crippen LogP contribution is 2.29. The third kappa shape index (κ3) is 3.26. The van der Waals surface area contributed by atoms with Crippen LogP contribution in [-0.4, -0.2) is 17.0 Å². The molecule has 1 fully saturated rings. The SMILES string of the molecule is CCC(NC1CCSC1C)c1ccc(C)cc1. The zero-order valence-corrected chi connectivity index (χ0v) is 11.9. The van der Waals surface area contributed by atoms with Crippen LogP contribution in [0.4, 0.5) is 0 Å². The number of thioether (sulfide) groups is 1. The molecule has 1 aliphatic heterocycles. The first kappa shape index (κ1) is 13.0. The van der Waals surface area contributed by atoms with Crippen LogP contribution in [0.25, 0.3) is 0 Å². The molecule has 0 radical (unpaired) electrons. The molecule has 1 heterocycles. The van der Waals surface area contributed by atoms with Crippen LogP contribution >= 0.6 is 11.8 Å². The Morgan fingerprint density at radius 1 is 1.35 bits per heavy atom. The van der Waals surface area contributed by atoms with Gasteiger partial charge in [0.25, 0.3) is 0 Å². The molecule has 1 aromatic rings. The molecule has 1 nitrogen and oxygen atoms in total. The first-order valence-electron chi connectivity index (χ1n) is 6.65. The van der Waals surface area contributed by atoms with Gasteiger partial charge < -0.3 is 5.32 Å². The van der Waals surface area contributed by atoms with Gasteiger partial charge >= 0.3 is 0 Å². The summed E-state index contributed by atoms with van der Waals surface area (Å²) in [6.07, 6.45) is 2.48. The second-order valence-corrected chi connectivity index (χ2v) is 6.49. The molecule has 17 heavy (non-hydrogen) atoms. The smallest absolute Gasteiger partial charge is 0.0320 e. The van der Waals surface area contributed by atoms with Crippen molar-refractivity contribution in [3.05, 3.63) is 35.4 Å². The Bertz CT molecular complexity index is 346. The monoisotopic (exact) mass is 249 g/mol. The summed E-state index contributed by atoms with van der Waals surface area (Å²) in [5.74, 6) is 1.31. The van der Waals surface area contributed by atoms with Crippen molar-refractivity contribution in [1.82, 2.24) is 5.32 Å². The van der Waals surface area contributed by atoms with Crippen molar-refractivity contribution >= 4 is 11.8 Å². The zero-order chi connectivity index (χ0) is 12.3. The van der Waals surface area contributed by atoms with Gasteiger partial charge in [-0.05, 0) is 31.1 Å². The minimum Gasteiger partial charge on any atom is -0.306 e. The van der Waals surface area contributed by atoms with Gasteiger partial charge in [0.1, 0.15) is 0 Å². The molecule has 1 aliphatic rings. The number of rotatable bonds is 4. The lowest BCUT2D eigenvalue weighted by Gasteiger charge is -2.24. The molecule has 3 unspecified atom stereocenters. The van der Waals surface area contributed by atoms with Gasteiger partial charge in [0.05, 0.1) is 0 Å². The maximum absolute atomic E-state index is 3.83. The van der Waals surface area contributed by atoms with E-state index in [4.69, 9.17) is 0 Å². The molecule has 1 aromatic carbocycles. The summed E-state index contributed by atoms with van der Waals surface area (Å²) in [7, 11) is 0. The number of benzene rings is 1. The van der Waals surface area contributed by atoms with E-state index in [1.165, 1.54) is 23.3 Å². The van der Waals surface area contributed by atoms with Gasteiger partial charge in [-0.2, -0.15) is 11.8 Å². The number of nitrogens with one attached hydrogen (secondary N) is 1. The van der Waals surface area contributed by atoms with E-state index in [2.05, 4.69) is 62.1 Å². The van der Waals surface area contributed by atoms with Crippen LogP contribution in [0.1, 0.15) is 43.9 Å². The van der Waals surface area contributed by atoms with Crippen molar-refractivity contribution in [2.75, 3.05) is 5.75 Å². The topological polar surface area (TPSA) is 12.0 Å². The third-order valence-electron chi connectivity index (χ3n) is 3.68. The molecule has 0 amide bonds. The Kier molecular flexibility index (Phi) is 4.52. The van der Waals surface area contributed by atoms with E-state index in [1.807, 2.05) is 0 Å². The molecular weight excluding hydrogens is 226 g/mol. The Morgan fingerprint density at radius 2 is 2.06 bits per heavy atom. The highest BCUT2D eigenvalue weighted by molar-refractivity contribution is 8.00. The molecule has 0 bridgehead atoms. The van der Waals surface area contributed by atoms with E-state index in [1.54, 1.807) is 0 Å². The molecule has 0 saturated carbocycles. The first-order valence-corrected chi connectivity index (χ1v) is 7.69. The lowest BCUT2D eigenvalue weighted by atomic mass is 10.0. The quantitative estimate of drug-likeness (QED) is 0.867. The molecule has 0 aliphatic carbocycles. The largest absolute Gasteiger partial charge is 0.306 e. The number of hydrogen-bond donors (Lipinski definition) is 1. The van der Waals surface area contributed by atoms with Crippen molar-refractivity contribution in [2.45, 2.75) is 50.9 Å². The Hall–Kier alpha value is -0.470. The Morgan fingerprint density at radius 3 is 2.59 bits per heavy atom. The second kappa shape index (κ2) is 5.92. The van der Waals surface area contributed by atoms with Crippen LogP contribution in [0.3, 0.4) is 0 Å².